The summed E-state index contributed by atoms with van der Waals surface area (Å²) in [7, 11) is 0. The molecule has 1 rings (SSSR count). The number of hydrogen-bond donors (Lipinski definition) is 2. The van der Waals surface area contributed by atoms with E-state index in [0.29, 0.717) is 25.8 Å². The molecule has 6 heteroatoms. The van der Waals surface area contributed by atoms with Crippen LogP contribution < -0.4 is 5.32 Å². The predicted molar refractivity (Wildman–Crippen MR) is 69.5 cm³/mol. The van der Waals surface area contributed by atoms with Crippen molar-refractivity contribution in [2.45, 2.75) is 46.1 Å². The van der Waals surface area contributed by atoms with Gasteiger partial charge in [0.2, 0.25) is 5.91 Å². The highest BCUT2D eigenvalue weighted by atomic mass is 32.1. The SMILES string of the molecule is Cc1nc(C)c(CNC(=O)CCCCC(=O)O)s1. The third-order valence-corrected chi connectivity index (χ3v) is 3.56. The molecule has 1 aromatic rings. The predicted octanol–water partition coefficient (Wildman–Crippen LogP) is 2.02. The van der Waals surface area contributed by atoms with Crippen LogP contribution in [0.15, 0.2) is 0 Å². The summed E-state index contributed by atoms with van der Waals surface area (Å²) < 4.78 is 0. The number of nitrogens with one attached hydrogen (secondary N) is 1. The van der Waals surface area contributed by atoms with Crippen LogP contribution in [0.2, 0.25) is 0 Å². The fourth-order valence-electron chi connectivity index (χ4n) is 1.57. The molecule has 0 unspecified atom stereocenters. The third kappa shape index (κ3) is 5.27. The molecule has 0 bridgehead atoms. The van der Waals surface area contributed by atoms with Crippen LogP contribution in [0.25, 0.3) is 0 Å². The minimum atomic E-state index is -0.814. The maximum atomic E-state index is 11.5. The number of carboxylic acid groups (broad SMARTS) is 1. The van der Waals surface area contributed by atoms with Crippen molar-refractivity contribution in [3.05, 3.63) is 15.6 Å². The van der Waals surface area contributed by atoms with Crippen LogP contribution in [0.1, 0.15) is 41.3 Å². The van der Waals surface area contributed by atoms with Gasteiger partial charge in [-0.1, -0.05) is 0 Å². The zero-order valence-corrected chi connectivity index (χ0v) is 11.5. The monoisotopic (exact) mass is 270 g/mol. The Morgan fingerprint density at radius 3 is 2.50 bits per heavy atom. The maximum Gasteiger partial charge on any atom is 0.303 e. The van der Waals surface area contributed by atoms with E-state index in [-0.39, 0.29) is 12.3 Å². The van der Waals surface area contributed by atoms with Gasteiger partial charge in [-0.15, -0.1) is 11.3 Å². The zero-order valence-electron chi connectivity index (χ0n) is 10.7. The van der Waals surface area contributed by atoms with Crippen molar-refractivity contribution in [1.82, 2.24) is 10.3 Å². The third-order valence-electron chi connectivity index (χ3n) is 2.49. The highest BCUT2D eigenvalue weighted by molar-refractivity contribution is 7.11. The molecule has 1 heterocycles. The number of carbonyl (C=O) groups excluding carboxylic acids is 1. The molecule has 5 nitrogen and oxygen atoms in total. The molecule has 2 N–H and O–H groups in total. The minimum Gasteiger partial charge on any atom is -0.481 e. The lowest BCUT2D eigenvalue weighted by Gasteiger charge is -2.03. The Balaban J connectivity index is 2.21. The minimum absolute atomic E-state index is 0.0363. The second-order valence-electron chi connectivity index (χ2n) is 4.12. The van der Waals surface area contributed by atoms with Gasteiger partial charge in [-0.3, -0.25) is 9.59 Å². The first-order chi connectivity index (χ1) is 8.49. The Morgan fingerprint density at radius 1 is 1.28 bits per heavy atom. The largest absolute Gasteiger partial charge is 0.481 e. The van der Waals surface area contributed by atoms with Crippen LogP contribution in [0.5, 0.6) is 0 Å². The van der Waals surface area contributed by atoms with Crippen molar-refractivity contribution in [3.8, 4) is 0 Å². The maximum absolute atomic E-state index is 11.5. The van der Waals surface area contributed by atoms with Crippen LogP contribution in [0.3, 0.4) is 0 Å². The summed E-state index contributed by atoms with van der Waals surface area (Å²) in [5.41, 5.74) is 0.962. The van der Waals surface area contributed by atoms with E-state index in [1.54, 1.807) is 11.3 Å². The lowest BCUT2D eigenvalue weighted by atomic mass is 10.2. The van der Waals surface area contributed by atoms with Crippen LogP contribution >= 0.6 is 11.3 Å². The summed E-state index contributed by atoms with van der Waals surface area (Å²) in [6, 6.07) is 0. The molecule has 0 aliphatic rings. The van der Waals surface area contributed by atoms with E-state index in [1.165, 1.54) is 0 Å². The van der Waals surface area contributed by atoms with Gasteiger partial charge < -0.3 is 10.4 Å². The number of aryl methyl sites for hydroxylation is 2. The number of hydrogen-bond acceptors (Lipinski definition) is 4. The number of carbonyl (C=O) groups is 2. The Kier molecular flexibility index (Phi) is 5.77. The molecule has 0 fully saturated rings. The van der Waals surface area contributed by atoms with Gasteiger partial charge in [0.25, 0.3) is 0 Å². The molecule has 0 aliphatic carbocycles. The topological polar surface area (TPSA) is 79.3 Å². The van der Waals surface area contributed by atoms with Crippen LogP contribution in [-0.2, 0) is 16.1 Å². The van der Waals surface area contributed by atoms with Crippen molar-refractivity contribution in [2.24, 2.45) is 0 Å². The van der Waals surface area contributed by atoms with E-state index in [0.717, 1.165) is 15.6 Å². The molecule has 1 amide bonds. The van der Waals surface area contributed by atoms with Gasteiger partial charge >= 0.3 is 5.97 Å². The number of unbranched alkanes of at least 4 members (excludes halogenated alkanes) is 1. The molecule has 0 saturated carbocycles. The first kappa shape index (κ1) is 14.6. The summed E-state index contributed by atoms with van der Waals surface area (Å²) in [5.74, 6) is -0.850. The summed E-state index contributed by atoms with van der Waals surface area (Å²) in [4.78, 5) is 27.2. The molecular formula is C12H18N2O3S. The van der Waals surface area contributed by atoms with Gasteiger partial charge in [-0.05, 0) is 26.7 Å². The second kappa shape index (κ2) is 7.10. The number of carboxylic acids is 1. The lowest BCUT2D eigenvalue weighted by Crippen LogP contribution is -2.22. The summed E-state index contributed by atoms with van der Waals surface area (Å²) in [6.07, 6.45) is 1.66. The Bertz CT molecular complexity index is 429. The standard InChI is InChI=1S/C12H18N2O3S/c1-8-10(18-9(2)14-8)7-13-11(15)5-3-4-6-12(16)17/h3-7H2,1-2H3,(H,13,15)(H,16,17). The van der Waals surface area contributed by atoms with Crippen molar-refractivity contribution in [3.63, 3.8) is 0 Å². The first-order valence-electron chi connectivity index (χ1n) is 5.90. The van der Waals surface area contributed by atoms with Crippen molar-refractivity contribution < 1.29 is 14.7 Å². The molecule has 0 saturated heterocycles. The number of nitrogens with zero attached hydrogens (tertiary/aromatic N) is 1. The van der Waals surface area contributed by atoms with Gasteiger partial charge in [0.1, 0.15) is 0 Å². The van der Waals surface area contributed by atoms with Gasteiger partial charge in [-0.2, -0.15) is 0 Å². The van der Waals surface area contributed by atoms with Crippen molar-refractivity contribution >= 4 is 23.2 Å². The molecule has 1 aromatic heterocycles. The van der Waals surface area contributed by atoms with E-state index in [1.807, 2.05) is 13.8 Å². The van der Waals surface area contributed by atoms with E-state index in [2.05, 4.69) is 10.3 Å². The van der Waals surface area contributed by atoms with Gasteiger partial charge in [0.05, 0.1) is 17.2 Å². The lowest BCUT2D eigenvalue weighted by molar-refractivity contribution is -0.137. The second-order valence-corrected chi connectivity index (χ2v) is 5.41. The first-order valence-corrected chi connectivity index (χ1v) is 6.72. The van der Waals surface area contributed by atoms with Crippen molar-refractivity contribution in [2.75, 3.05) is 0 Å². The fourth-order valence-corrected chi connectivity index (χ4v) is 2.44. The summed E-state index contributed by atoms with van der Waals surface area (Å²) >= 11 is 1.59. The molecule has 100 valence electrons. The van der Waals surface area contributed by atoms with E-state index in [9.17, 15) is 9.59 Å². The van der Waals surface area contributed by atoms with E-state index >= 15 is 0 Å². The normalized spacial score (nSPS) is 10.3. The van der Waals surface area contributed by atoms with E-state index < -0.39 is 5.97 Å². The molecule has 0 atom stereocenters. The van der Waals surface area contributed by atoms with Gasteiger partial charge in [0, 0.05) is 17.7 Å². The summed E-state index contributed by atoms with van der Waals surface area (Å²) in [6.45, 7) is 4.38. The number of rotatable bonds is 7. The molecule has 0 spiro atoms. The fraction of sp³-hybridized carbons (Fsp3) is 0.583. The number of amides is 1. The zero-order chi connectivity index (χ0) is 13.5. The average molecular weight is 270 g/mol. The van der Waals surface area contributed by atoms with Gasteiger partial charge in [0.15, 0.2) is 0 Å². The molecule has 0 radical (unpaired) electrons. The Morgan fingerprint density at radius 2 is 1.94 bits per heavy atom. The molecular weight excluding hydrogens is 252 g/mol. The highest BCUT2D eigenvalue weighted by Gasteiger charge is 2.07. The van der Waals surface area contributed by atoms with Crippen molar-refractivity contribution in [1.29, 1.82) is 0 Å². The highest BCUT2D eigenvalue weighted by Crippen LogP contribution is 2.16. The Labute approximate surface area is 110 Å². The van der Waals surface area contributed by atoms with Crippen LogP contribution in [-0.4, -0.2) is 22.0 Å². The number of aromatic nitrogens is 1. The molecule has 0 aromatic carbocycles. The smallest absolute Gasteiger partial charge is 0.303 e. The Hall–Kier alpha value is -1.43. The summed E-state index contributed by atoms with van der Waals surface area (Å²) in [5, 5.41) is 12.3. The molecule has 18 heavy (non-hydrogen) atoms. The van der Waals surface area contributed by atoms with Gasteiger partial charge in [-0.25, -0.2) is 4.98 Å². The molecule has 0 aliphatic heterocycles. The van der Waals surface area contributed by atoms with Crippen LogP contribution in [0, 0.1) is 13.8 Å². The van der Waals surface area contributed by atoms with E-state index in [4.69, 9.17) is 5.11 Å². The van der Waals surface area contributed by atoms with Crippen LogP contribution in [0.4, 0.5) is 0 Å². The average Bonchev–Trinajstić information content (AvgIpc) is 2.60. The number of aliphatic carboxylic acids is 1. The quantitative estimate of drug-likeness (QED) is 0.743. The number of thiazole rings is 1.